The zero-order valence-electron chi connectivity index (χ0n) is 17.4. The van der Waals surface area contributed by atoms with E-state index < -0.39 is 11.4 Å². The fourth-order valence-corrected chi connectivity index (χ4v) is 4.83. The van der Waals surface area contributed by atoms with Gasteiger partial charge in [0, 0.05) is 5.56 Å². The molecule has 2 aliphatic rings. The van der Waals surface area contributed by atoms with Crippen LogP contribution in [0.1, 0.15) is 46.4 Å². The molecular weight excluding hydrogens is 414 g/mol. The number of pyridine rings is 1. The summed E-state index contributed by atoms with van der Waals surface area (Å²) in [6, 6.07) is 7.13. The van der Waals surface area contributed by atoms with E-state index in [0.29, 0.717) is 51.9 Å². The number of anilines is 2. The molecule has 1 spiro atoms. The first-order valence-electron chi connectivity index (χ1n) is 9.79. The van der Waals surface area contributed by atoms with Gasteiger partial charge in [-0.2, -0.15) is 5.26 Å². The molecule has 0 radical (unpaired) electrons. The molecule has 1 aromatic heterocycles. The molecule has 8 nitrogen and oxygen atoms in total. The number of benzene rings is 1. The Hall–Kier alpha value is -3.51. The molecule has 1 saturated carbocycles. The van der Waals surface area contributed by atoms with Gasteiger partial charge in [-0.25, -0.2) is 4.98 Å². The number of methoxy groups -OCH3 is 1. The van der Waals surface area contributed by atoms with Gasteiger partial charge in [-0.3, -0.25) is 14.5 Å². The molecular formula is C22H21N5O3S. The first-order chi connectivity index (χ1) is 14.8. The Morgan fingerprint density at radius 2 is 2.06 bits per heavy atom. The van der Waals surface area contributed by atoms with Crippen LogP contribution in [0.3, 0.4) is 0 Å². The van der Waals surface area contributed by atoms with Crippen molar-refractivity contribution in [1.29, 1.82) is 5.26 Å². The molecule has 2 aromatic rings. The van der Waals surface area contributed by atoms with Crippen molar-refractivity contribution < 1.29 is 14.3 Å². The van der Waals surface area contributed by atoms with Crippen LogP contribution in [0.2, 0.25) is 0 Å². The van der Waals surface area contributed by atoms with Crippen molar-refractivity contribution in [2.24, 2.45) is 5.73 Å². The molecule has 31 heavy (non-hydrogen) atoms. The molecule has 2 heterocycles. The summed E-state index contributed by atoms with van der Waals surface area (Å²) in [4.78, 5) is 32.9. The number of carbonyl (C=O) groups excluding carboxylic acids is 2. The predicted octanol–water partition coefficient (Wildman–Crippen LogP) is 2.74. The Morgan fingerprint density at radius 3 is 2.58 bits per heavy atom. The fourth-order valence-electron chi connectivity index (χ4n) is 4.36. The summed E-state index contributed by atoms with van der Waals surface area (Å²) in [7, 11) is 1.47. The molecule has 2 N–H and O–H groups in total. The average Bonchev–Trinajstić information content (AvgIpc) is 2.94. The van der Waals surface area contributed by atoms with Crippen LogP contribution >= 0.6 is 12.2 Å². The van der Waals surface area contributed by atoms with Crippen molar-refractivity contribution in [3.63, 3.8) is 0 Å². The Bertz CT molecular complexity index is 1180. The molecule has 1 aliphatic carbocycles. The summed E-state index contributed by atoms with van der Waals surface area (Å²) in [6.07, 6.45) is 3.71. The zero-order valence-corrected chi connectivity index (χ0v) is 18.2. The van der Waals surface area contributed by atoms with Gasteiger partial charge in [0.15, 0.2) is 5.11 Å². The summed E-state index contributed by atoms with van der Waals surface area (Å²) in [5.74, 6) is -0.346. The minimum atomic E-state index is -0.789. The van der Waals surface area contributed by atoms with Gasteiger partial charge in [-0.05, 0) is 69.1 Å². The Morgan fingerprint density at radius 1 is 1.35 bits per heavy atom. The van der Waals surface area contributed by atoms with Crippen LogP contribution in [0.4, 0.5) is 11.4 Å². The highest BCUT2D eigenvalue weighted by molar-refractivity contribution is 7.81. The van der Waals surface area contributed by atoms with Gasteiger partial charge in [-0.1, -0.05) is 0 Å². The maximum absolute atomic E-state index is 13.6. The van der Waals surface area contributed by atoms with Crippen molar-refractivity contribution in [2.75, 3.05) is 16.9 Å². The average molecular weight is 436 g/mol. The Balaban J connectivity index is 1.85. The van der Waals surface area contributed by atoms with E-state index >= 15 is 0 Å². The number of carbonyl (C=O) groups is 2. The standard InChI is InChI=1S/C22H21N5O3S/c1-12-9-14(11-25-16(12)10-23)26-20(29)22(7-4-8-22)27(21(26)31)17-6-5-15(19(24)28)18(30-3)13(17)2/h5-6,9,11H,4,7-8H2,1-3H3,(H2,24,28). The second-order valence-corrected chi connectivity index (χ2v) is 8.13. The van der Waals surface area contributed by atoms with Gasteiger partial charge >= 0.3 is 0 Å². The van der Waals surface area contributed by atoms with Gasteiger partial charge in [0.2, 0.25) is 0 Å². The van der Waals surface area contributed by atoms with Gasteiger partial charge in [-0.15, -0.1) is 0 Å². The van der Waals surface area contributed by atoms with Crippen LogP contribution in [0, 0.1) is 25.2 Å². The van der Waals surface area contributed by atoms with E-state index in [2.05, 4.69) is 4.98 Å². The highest BCUT2D eigenvalue weighted by Gasteiger charge is 2.60. The number of nitriles is 1. The van der Waals surface area contributed by atoms with Crippen LogP contribution in [-0.2, 0) is 4.79 Å². The van der Waals surface area contributed by atoms with E-state index in [1.54, 1.807) is 25.1 Å². The number of rotatable bonds is 4. The van der Waals surface area contributed by atoms with E-state index in [9.17, 15) is 9.59 Å². The lowest BCUT2D eigenvalue weighted by Gasteiger charge is -2.43. The van der Waals surface area contributed by atoms with E-state index in [-0.39, 0.29) is 11.5 Å². The summed E-state index contributed by atoms with van der Waals surface area (Å²) in [5.41, 5.74) is 7.84. The maximum Gasteiger partial charge on any atom is 0.259 e. The third-order valence-electron chi connectivity index (χ3n) is 6.11. The normalized spacial score (nSPS) is 17.0. The van der Waals surface area contributed by atoms with E-state index in [1.807, 2.05) is 17.9 Å². The number of amides is 2. The second kappa shape index (κ2) is 7.32. The van der Waals surface area contributed by atoms with Crippen LogP contribution in [0.15, 0.2) is 24.4 Å². The summed E-state index contributed by atoms with van der Waals surface area (Å²) >= 11 is 5.79. The number of primary amides is 1. The highest BCUT2D eigenvalue weighted by atomic mass is 32.1. The molecule has 1 saturated heterocycles. The van der Waals surface area contributed by atoms with Crippen LogP contribution in [0.5, 0.6) is 5.75 Å². The summed E-state index contributed by atoms with van der Waals surface area (Å²) in [6.45, 7) is 3.59. The molecule has 1 aromatic carbocycles. The molecule has 0 unspecified atom stereocenters. The number of thiocarbonyl (C=S) groups is 1. The summed E-state index contributed by atoms with van der Waals surface area (Å²) in [5, 5.41) is 9.50. The molecule has 0 bridgehead atoms. The summed E-state index contributed by atoms with van der Waals surface area (Å²) < 4.78 is 5.46. The monoisotopic (exact) mass is 435 g/mol. The van der Waals surface area contributed by atoms with Gasteiger partial charge in [0.05, 0.1) is 30.2 Å². The third-order valence-corrected chi connectivity index (χ3v) is 6.47. The first-order valence-corrected chi connectivity index (χ1v) is 10.2. The number of nitrogens with two attached hydrogens (primary N) is 1. The molecule has 2 amide bonds. The highest BCUT2D eigenvalue weighted by Crippen LogP contribution is 2.49. The number of aromatic nitrogens is 1. The smallest absolute Gasteiger partial charge is 0.259 e. The fraction of sp³-hybridized carbons (Fsp3) is 0.318. The number of ether oxygens (including phenoxy) is 1. The quantitative estimate of drug-likeness (QED) is 0.735. The van der Waals surface area contributed by atoms with Gasteiger partial charge in [0.1, 0.15) is 23.1 Å². The molecule has 4 rings (SSSR count). The molecule has 158 valence electrons. The molecule has 2 fully saturated rings. The molecule has 1 aliphatic heterocycles. The number of hydrogen-bond acceptors (Lipinski definition) is 6. The number of aryl methyl sites for hydroxylation is 1. The molecule has 9 heteroatoms. The maximum atomic E-state index is 13.6. The van der Waals surface area contributed by atoms with Crippen molar-refractivity contribution in [2.45, 2.75) is 38.6 Å². The number of hydrogen-bond donors (Lipinski definition) is 1. The van der Waals surface area contributed by atoms with Crippen molar-refractivity contribution in [3.05, 3.63) is 46.8 Å². The minimum Gasteiger partial charge on any atom is -0.496 e. The minimum absolute atomic E-state index is 0.119. The van der Waals surface area contributed by atoms with Crippen LogP contribution in [0.25, 0.3) is 0 Å². The lowest BCUT2D eigenvalue weighted by molar-refractivity contribution is -0.123. The lowest BCUT2D eigenvalue weighted by atomic mass is 9.75. The van der Waals surface area contributed by atoms with E-state index in [4.69, 9.17) is 28.0 Å². The zero-order chi connectivity index (χ0) is 22.5. The SMILES string of the molecule is COc1c(C(N)=O)ccc(N2C(=S)N(c3cnc(C#N)c(C)c3)C(=O)C23CCC3)c1C. The Labute approximate surface area is 185 Å². The predicted molar refractivity (Wildman–Crippen MR) is 119 cm³/mol. The van der Waals surface area contributed by atoms with Crippen LogP contribution < -0.4 is 20.3 Å². The van der Waals surface area contributed by atoms with Gasteiger partial charge in [0.25, 0.3) is 11.8 Å². The number of nitrogens with zero attached hydrogens (tertiary/aromatic N) is 4. The topological polar surface area (TPSA) is 113 Å². The first kappa shape index (κ1) is 20.8. The van der Waals surface area contributed by atoms with Crippen molar-refractivity contribution in [3.8, 4) is 11.8 Å². The van der Waals surface area contributed by atoms with Crippen molar-refractivity contribution in [1.82, 2.24) is 4.98 Å². The lowest BCUT2D eigenvalue weighted by Crippen LogP contribution is -2.55. The third kappa shape index (κ3) is 2.86. The Kier molecular flexibility index (Phi) is 4.90. The van der Waals surface area contributed by atoms with Crippen LogP contribution in [-0.4, -0.2) is 34.6 Å². The second-order valence-electron chi connectivity index (χ2n) is 7.77. The van der Waals surface area contributed by atoms with Crippen molar-refractivity contribution >= 4 is 40.5 Å². The van der Waals surface area contributed by atoms with E-state index in [0.717, 1.165) is 6.42 Å². The van der Waals surface area contributed by atoms with E-state index in [1.165, 1.54) is 18.2 Å². The largest absolute Gasteiger partial charge is 0.496 e. The van der Waals surface area contributed by atoms with Gasteiger partial charge < -0.3 is 15.4 Å². The molecule has 0 atom stereocenters.